The second-order valence-corrected chi connectivity index (χ2v) is 37.7. The predicted molar refractivity (Wildman–Crippen MR) is 320 cm³/mol. The van der Waals surface area contributed by atoms with Gasteiger partial charge in [-0.25, -0.2) is 4.67 Å². The third-order valence-corrected chi connectivity index (χ3v) is 14.8. The van der Waals surface area contributed by atoms with Crippen LogP contribution in [0.2, 0.25) is 0 Å². The maximum Gasteiger partial charge on any atom is 0.332 e. The zero-order valence-corrected chi connectivity index (χ0v) is 57.9. The summed E-state index contributed by atoms with van der Waals surface area (Å²) in [6, 6.07) is 0.170. The van der Waals surface area contributed by atoms with Crippen molar-refractivity contribution in [3.05, 3.63) is 0 Å². The summed E-state index contributed by atoms with van der Waals surface area (Å²) in [6.07, 6.45) is 1.81. The van der Waals surface area contributed by atoms with E-state index < -0.39 is 17.1 Å². The third-order valence-electron chi connectivity index (χ3n) is 11.7. The molecule has 4 radical (unpaired) electrons. The fourth-order valence-corrected chi connectivity index (χ4v) is 10.8. The van der Waals surface area contributed by atoms with Crippen LogP contribution in [-0.4, -0.2) is 150 Å². The van der Waals surface area contributed by atoms with Crippen LogP contribution in [0, 0.1) is 23.7 Å². The van der Waals surface area contributed by atoms with Gasteiger partial charge in [-0.15, -0.1) is 24.0 Å². The molecular weight excluding hydrogens is 1580 g/mol. The van der Waals surface area contributed by atoms with Crippen LogP contribution in [0.25, 0.3) is 0 Å². The van der Waals surface area contributed by atoms with Crippen LogP contribution in [0.1, 0.15) is 138 Å². The Morgan fingerprint density at radius 3 is 1.45 bits per heavy atom. The van der Waals surface area contributed by atoms with Crippen LogP contribution in [0.3, 0.4) is 0 Å². The smallest absolute Gasteiger partial charge is 0.332 e. The molecule has 18 atom stereocenters. The Kier molecular flexibility index (Phi) is 45.5. The van der Waals surface area contributed by atoms with Crippen molar-refractivity contribution in [3.63, 3.8) is 0 Å². The molecule has 4 aliphatic rings. The number of hydrogen-bond donors (Lipinski definition) is 1. The number of hydrogen-bond acceptors (Lipinski definition) is 13. The van der Waals surface area contributed by atoms with E-state index in [-0.39, 0.29) is 135 Å². The molecule has 0 saturated carbocycles. The number of rotatable bonds is 18. The van der Waals surface area contributed by atoms with E-state index >= 15 is 0 Å². The van der Waals surface area contributed by atoms with Crippen molar-refractivity contribution >= 4 is 131 Å². The topological polar surface area (TPSA) is 125 Å². The first-order chi connectivity index (χ1) is 30.4. The molecule has 0 bridgehead atoms. The molecule has 13 nitrogen and oxygen atoms in total. The maximum absolute atomic E-state index is 9.08. The molecular formula is C44H90B2I6NO12P2-. The third kappa shape index (κ3) is 26.4. The summed E-state index contributed by atoms with van der Waals surface area (Å²) in [4.78, 5) is 0. The number of aliphatic hydroxyl groups is 1. The van der Waals surface area contributed by atoms with E-state index in [0.29, 0.717) is 43.8 Å². The van der Waals surface area contributed by atoms with Crippen LogP contribution in [0.4, 0.5) is 0 Å². The molecule has 0 spiro atoms. The average molecular weight is 1670 g/mol. The molecule has 0 aliphatic carbocycles. The second kappa shape index (κ2) is 40.1. The zero-order valence-electron chi connectivity index (χ0n) is 43.0. The first kappa shape index (κ1) is 76.1. The molecule has 4 heterocycles. The van der Waals surface area contributed by atoms with Gasteiger partial charge in [0, 0.05) is 99.2 Å². The second-order valence-electron chi connectivity index (χ2n) is 18.7. The van der Waals surface area contributed by atoms with Crippen molar-refractivity contribution in [2.75, 3.05) is 27.4 Å². The summed E-state index contributed by atoms with van der Waals surface area (Å²) in [5.41, 5.74) is -0.242. The van der Waals surface area contributed by atoms with Crippen molar-refractivity contribution in [2.45, 2.75) is 235 Å². The van der Waals surface area contributed by atoms with E-state index in [4.69, 9.17) is 71.8 Å². The van der Waals surface area contributed by atoms with Crippen molar-refractivity contribution in [1.82, 2.24) is 4.67 Å². The number of nitrogens with zero attached hydrogens (tertiary/aromatic N) is 1. The molecule has 67 heavy (non-hydrogen) atoms. The standard InChI is InChI=1S/C19H36BO6P.C14H29BNO3P.C10H20O3.CH4.I3.I2.HI/c1-9-14-17(12(3)18(20)24-14)26-27(21-8)22-10-15-16(25-19(5,6)7)11(2)13(4)23-15;1-8-12-13(11(6)14(15)18-12)19-20(17-7)16(9(2)3)10(4)5;1-6(2)12-10-7(3)8(4)13-9(10)5-11;;1-3-2;1-2;/h11-18H,9-10H2,1-8H3;9-14H,8H2,1-7H3;6-11H,5H2,1-4H3;1H4;;;1H/q;;;;-1;;/t11-,12+,13+,14-,15-,16?,17?,18-,27?;11-,12+,13?,14+,20?;7-,8+,9-,10?;;;;/m101..../s1. The van der Waals surface area contributed by atoms with E-state index in [1.165, 1.54) is 0 Å². The molecule has 402 valence electrons. The molecule has 4 rings (SSSR count). The van der Waals surface area contributed by atoms with Crippen LogP contribution in [-0.2, 0) is 51.0 Å². The van der Waals surface area contributed by atoms with Crippen molar-refractivity contribution < 1.29 is 69.4 Å². The average Bonchev–Trinajstić information content (AvgIpc) is 3.88. The number of aliphatic hydroxyl groups excluding tert-OH is 1. The van der Waals surface area contributed by atoms with E-state index in [0.717, 1.165) is 12.8 Å². The van der Waals surface area contributed by atoms with Crippen LogP contribution < -0.4 is 13.3 Å². The van der Waals surface area contributed by atoms with Gasteiger partial charge in [0.1, 0.15) is 27.9 Å². The molecule has 1 N–H and O–H groups in total. The molecule has 6 unspecified atom stereocenters. The normalized spacial score (nSPS) is 34.5. The summed E-state index contributed by atoms with van der Waals surface area (Å²) >= 11 is 9.54. The van der Waals surface area contributed by atoms with Gasteiger partial charge in [-0.05, 0) is 89.0 Å². The van der Waals surface area contributed by atoms with Crippen LogP contribution in [0.5, 0.6) is 0 Å². The van der Waals surface area contributed by atoms with Gasteiger partial charge in [-0.1, -0.05) is 49.0 Å². The van der Waals surface area contributed by atoms with E-state index in [1.807, 2.05) is 27.7 Å². The summed E-state index contributed by atoms with van der Waals surface area (Å²) in [6.45, 7) is 35.9. The first-order valence-electron chi connectivity index (χ1n) is 22.9. The molecule has 0 amide bonds. The molecule has 23 heteroatoms. The minimum Gasteiger partial charge on any atom is -0.382 e. The molecule has 4 aliphatic heterocycles. The van der Waals surface area contributed by atoms with Gasteiger partial charge < -0.3 is 56.1 Å². The Morgan fingerprint density at radius 1 is 0.672 bits per heavy atom. The quantitative estimate of drug-likeness (QED) is 0.0796. The van der Waals surface area contributed by atoms with Crippen LogP contribution in [0.15, 0.2) is 0 Å². The zero-order chi connectivity index (χ0) is 50.5. The van der Waals surface area contributed by atoms with E-state index in [9.17, 15) is 0 Å². The Balaban J connectivity index is -0.000000904. The molecule has 0 aromatic heterocycles. The van der Waals surface area contributed by atoms with E-state index in [2.05, 4.69) is 169 Å². The fraction of sp³-hybridized carbons (Fsp3) is 1.00. The summed E-state index contributed by atoms with van der Waals surface area (Å²) in [5.74, 6) is 0.914. The number of halogens is 6. The SMILES string of the molecule is C.CC(C)OC1[C@@H](CO)O[C@@H](C)[C@H]1C.I.II.I[I-]I.[B][C@@H]1O[C@H](CC)C(OP(OC)N(C(C)C)C(C)C)[C@@H]1C.[B][C@@H]1O[C@H](CC)C(OP(OC)OC[C@H]2O[C@@H](C)[C@@H](C)C2OC(C)(C)C)[C@@H]1C. The summed E-state index contributed by atoms with van der Waals surface area (Å²) < 4.78 is 66.9. The van der Waals surface area contributed by atoms with Gasteiger partial charge in [-0.3, -0.25) is 0 Å². The van der Waals surface area contributed by atoms with Crippen molar-refractivity contribution in [3.8, 4) is 0 Å². The minimum absolute atomic E-state index is 0. The van der Waals surface area contributed by atoms with Gasteiger partial charge in [-0.2, -0.15) is 0 Å². The first-order valence-corrected chi connectivity index (χ1v) is 44.0. The van der Waals surface area contributed by atoms with Crippen molar-refractivity contribution in [1.29, 1.82) is 0 Å². The monoisotopic (exact) mass is 1670 g/mol. The minimum atomic E-state index is -1.52. The molecule has 0 aromatic carbocycles. The fourth-order valence-electron chi connectivity index (χ4n) is 8.04. The van der Waals surface area contributed by atoms with Crippen LogP contribution >= 0.6 is 116 Å². The van der Waals surface area contributed by atoms with E-state index in [1.54, 1.807) is 14.2 Å². The predicted octanol–water partition coefficient (Wildman–Crippen LogP) is 10.1. The number of ether oxygens (including phenoxy) is 6. The van der Waals surface area contributed by atoms with Gasteiger partial charge in [0.15, 0.2) is 0 Å². The maximum atomic E-state index is 9.08. The van der Waals surface area contributed by atoms with Gasteiger partial charge in [0.25, 0.3) is 8.53 Å². The molecule has 0 aromatic rings. The summed E-state index contributed by atoms with van der Waals surface area (Å²) in [7, 11) is 12.7. The van der Waals surface area contributed by atoms with Crippen molar-refractivity contribution in [2.24, 2.45) is 23.7 Å². The van der Waals surface area contributed by atoms with Gasteiger partial charge in [0.05, 0.1) is 73.8 Å². The molecule has 4 saturated heterocycles. The molecule has 4 fully saturated rings. The Morgan fingerprint density at radius 2 is 1.09 bits per heavy atom. The Bertz CT molecular complexity index is 1220. The largest absolute Gasteiger partial charge is 0.382 e. The summed E-state index contributed by atoms with van der Waals surface area (Å²) in [5, 5.41) is 9.08. The van der Waals surface area contributed by atoms with Gasteiger partial charge >= 0.3 is 59.1 Å². The Hall–Kier alpha value is 4.85. The van der Waals surface area contributed by atoms with Gasteiger partial charge in [0.2, 0.25) is 0 Å². The Labute approximate surface area is 485 Å².